The van der Waals surface area contributed by atoms with Gasteiger partial charge in [0.15, 0.2) is 11.4 Å². The zero-order chi connectivity index (χ0) is 20.9. The Balaban J connectivity index is 1.47. The summed E-state index contributed by atoms with van der Waals surface area (Å²) in [5.41, 5.74) is 3.54. The quantitative estimate of drug-likeness (QED) is 0.480. The maximum atomic E-state index is 12.9. The van der Waals surface area contributed by atoms with Gasteiger partial charge in [-0.2, -0.15) is 0 Å². The number of aromatic nitrogens is 2. The minimum atomic E-state index is -0.230. The molecule has 0 aliphatic heterocycles. The minimum Gasteiger partial charge on any atom is -0.490 e. The largest absolute Gasteiger partial charge is 0.490 e. The van der Waals surface area contributed by atoms with Crippen molar-refractivity contribution in [1.29, 1.82) is 0 Å². The highest BCUT2D eigenvalue weighted by Crippen LogP contribution is 2.23. The summed E-state index contributed by atoms with van der Waals surface area (Å²) in [5.74, 6) is 1.16. The minimum absolute atomic E-state index is 0.230. The predicted molar refractivity (Wildman–Crippen MR) is 116 cm³/mol. The highest BCUT2D eigenvalue weighted by molar-refractivity contribution is 6.04. The van der Waals surface area contributed by atoms with Crippen LogP contribution < -0.4 is 14.8 Å². The molecule has 0 aliphatic rings. The number of hydrogen-bond acceptors (Lipinski definition) is 4. The monoisotopic (exact) mass is 401 g/mol. The molecule has 0 saturated heterocycles. The number of aryl methyl sites for hydroxylation is 1. The second-order valence-electron chi connectivity index (χ2n) is 6.80. The van der Waals surface area contributed by atoms with Gasteiger partial charge in [-0.15, -0.1) is 0 Å². The molecule has 1 N–H and O–H groups in total. The van der Waals surface area contributed by atoms with Crippen molar-refractivity contribution < 1.29 is 14.3 Å². The van der Waals surface area contributed by atoms with Crippen molar-refractivity contribution in [2.24, 2.45) is 0 Å². The summed E-state index contributed by atoms with van der Waals surface area (Å²) >= 11 is 0. The van der Waals surface area contributed by atoms with Gasteiger partial charge in [-0.1, -0.05) is 30.3 Å². The fourth-order valence-electron chi connectivity index (χ4n) is 3.26. The van der Waals surface area contributed by atoms with Gasteiger partial charge in [-0.25, -0.2) is 4.98 Å². The lowest BCUT2D eigenvalue weighted by molar-refractivity contribution is 0.102. The van der Waals surface area contributed by atoms with Gasteiger partial charge in [-0.05, 0) is 55.8 Å². The number of carbonyl (C=O) groups is 1. The average Bonchev–Trinajstić information content (AvgIpc) is 3.11. The molecule has 1 amide bonds. The molecule has 0 saturated carbocycles. The number of carbonyl (C=O) groups excluding carboxylic acids is 1. The van der Waals surface area contributed by atoms with E-state index in [2.05, 4.69) is 10.3 Å². The molecule has 0 atom stereocenters. The third kappa shape index (κ3) is 4.12. The predicted octanol–water partition coefficient (Wildman–Crippen LogP) is 4.87. The number of anilines is 1. The highest BCUT2D eigenvalue weighted by atomic mass is 16.5. The van der Waals surface area contributed by atoms with E-state index in [1.54, 1.807) is 4.40 Å². The zero-order valence-electron chi connectivity index (χ0n) is 17.0. The lowest BCUT2D eigenvalue weighted by Gasteiger charge is -2.09. The van der Waals surface area contributed by atoms with Crippen molar-refractivity contribution in [3.05, 3.63) is 89.9 Å². The number of benzene rings is 2. The van der Waals surface area contributed by atoms with Crippen LogP contribution in [-0.4, -0.2) is 21.9 Å². The van der Waals surface area contributed by atoms with Gasteiger partial charge in [0.1, 0.15) is 18.1 Å². The molecular weight excluding hydrogens is 378 g/mol. The summed E-state index contributed by atoms with van der Waals surface area (Å²) in [4.78, 5) is 17.4. The van der Waals surface area contributed by atoms with Gasteiger partial charge in [0.25, 0.3) is 5.91 Å². The first-order valence-corrected chi connectivity index (χ1v) is 9.84. The molecule has 4 aromatic rings. The SMILES string of the molecule is CCOc1cccn2c(C(=O)Nc3ccc(OCc4ccccc4)cc3)c(C)nc12. The summed E-state index contributed by atoms with van der Waals surface area (Å²) in [6.07, 6.45) is 1.81. The zero-order valence-corrected chi connectivity index (χ0v) is 17.0. The van der Waals surface area contributed by atoms with Crippen molar-refractivity contribution in [2.45, 2.75) is 20.5 Å². The number of imidazole rings is 1. The van der Waals surface area contributed by atoms with Crippen molar-refractivity contribution in [2.75, 3.05) is 11.9 Å². The summed E-state index contributed by atoms with van der Waals surface area (Å²) in [6.45, 7) is 4.76. The first-order valence-electron chi connectivity index (χ1n) is 9.84. The van der Waals surface area contributed by atoms with Crippen molar-refractivity contribution in [1.82, 2.24) is 9.38 Å². The smallest absolute Gasteiger partial charge is 0.274 e. The lowest BCUT2D eigenvalue weighted by Crippen LogP contribution is -2.15. The van der Waals surface area contributed by atoms with Crippen LogP contribution in [0.3, 0.4) is 0 Å². The fourth-order valence-corrected chi connectivity index (χ4v) is 3.26. The molecule has 2 heterocycles. The standard InChI is InChI=1S/C24H23N3O3/c1-3-29-21-10-7-15-27-22(17(2)25-23(21)27)24(28)26-19-11-13-20(14-12-19)30-16-18-8-5-4-6-9-18/h4-15H,3,16H2,1-2H3,(H,26,28). The third-order valence-corrected chi connectivity index (χ3v) is 4.66. The van der Waals surface area contributed by atoms with Crippen LogP contribution in [0.1, 0.15) is 28.7 Å². The molecular formula is C24H23N3O3. The summed E-state index contributed by atoms with van der Waals surface area (Å²) < 4.78 is 13.2. The van der Waals surface area contributed by atoms with Gasteiger partial charge in [0.2, 0.25) is 0 Å². The Morgan fingerprint density at radius 2 is 1.77 bits per heavy atom. The first kappa shape index (κ1) is 19.5. The van der Waals surface area contributed by atoms with E-state index in [0.29, 0.717) is 41.7 Å². The summed E-state index contributed by atoms with van der Waals surface area (Å²) in [5, 5.41) is 2.93. The van der Waals surface area contributed by atoms with Crippen LogP contribution >= 0.6 is 0 Å². The van der Waals surface area contributed by atoms with Crippen LogP contribution in [0, 0.1) is 6.92 Å². The van der Waals surface area contributed by atoms with E-state index in [-0.39, 0.29) is 5.91 Å². The number of rotatable bonds is 7. The van der Waals surface area contributed by atoms with E-state index in [9.17, 15) is 4.79 Å². The Hall–Kier alpha value is -3.80. The number of ether oxygens (including phenoxy) is 2. The third-order valence-electron chi connectivity index (χ3n) is 4.66. The first-order chi connectivity index (χ1) is 14.7. The second-order valence-corrected chi connectivity index (χ2v) is 6.80. The normalized spacial score (nSPS) is 10.7. The highest BCUT2D eigenvalue weighted by Gasteiger charge is 2.19. The van der Waals surface area contributed by atoms with Gasteiger partial charge < -0.3 is 14.8 Å². The lowest BCUT2D eigenvalue weighted by atomic mass is 10.2. The van der Waals surface area contributed by atoms with Gasteiger partial charge in [-0.3, -0.25) is 9.20 Å². The molecule has 0 bridgehead atoms. The Morgan fingerprint density at radius 1 is 1.00 bits per heavy atom. The van der Waals surface area contributed by atoms with Crippen molar-refractivity contribution in [3.8, 4) is 11.5 Å². The molecule has 0 aliphatic carbocycles. The number of nitrogens with zero attached hydrogens (tertiary/aromatic N) is 2. The van der Waals surface area contributed by atoms with Gasteiger partial charge in [0.05, 0.1) is 12.3 Å². The average molecular weight is 401 g/mol. The molecule has 0 radical (unpaired) electrons. The van der Waals surface area contributed by atoms with E-state index in [0.717, 1.165) is 11.3 Å². The molecule has 0 fully saturated rings. The van der Waals surface area contributed by atoms with Gasteiger partial charge >= 0.3 is 0 Å². The number of amides is 1. The Morgan fingerprint density at radius 3 is 2.50 bits per heavy atom. The summed E-state index contributed by atoms with van der Waals surface area (Å²) in [6, 6.07) is 21.0. The molecule has 2 aromatic carbocycles. The van der Waals surface area contributed by atoms with E-state index in [4.69, 9.17) is 9.47 Å². The molecule has 0 unspecified atom stereocenters. The van der Waals surface area contributed by atoms with Crippen molar-refractivity contribution >= 4 is 17.2 Å². The molecule has 30 heavy (non-hydrogen) atoms. The molecule has 2 aromatic heterocycles. The number of fused-ring (bicyclic) bond motifs is 1. The summed E-state index contributed by atoms with van der Waals surface area (Å²) in [7, 11) is 0. The van der Waals surface area contributed by atoms with E-state index in [1.807, 2.05) is 86.8 Å². The molecule has 4 rings (SSSR count). The van der Waals surface area contributed by atoms with Crippen LogP contribution in [0.5, 0.6) is 11.5 Å². The molecule has 6 nitrogen and oxygen atoms in total. The van der Waals surface area contributed by atoms with E-state index < -0.39 is 0 Å². The number of pyridine rings is 1. The number of hydrogen-bond donors (Lipinski definition) is 1. The Labute approximate surface area is 175 Å². The van der Waals surface area contributed by atoms with Crippen LogP contribution in [0.4, 0.5) is 5.69 Å². The van der Waals surface area contributed by atoms with Crippen LogP contribution in [-0.2, 0) is 6.61 Å². The second kappa shape index (κ2) is 8.69. The molecule has 152 valence electrons. The maximum absolute atomic E-state index is 12.9. The fraction of sp³-hybridized carbons (Fsp3) is 0.167. The molecule has 0 spiro atoms. The Bertz CT molecular complexity index is 1150. The van der Waals surface area contributed by atoms with E-state index in [1.165, 1.54) is 0 Å². The van der Waals surface area contributed by atoms with E-state index >= 15 is 0 Å². The number of nitrogens with one attached hydrogen (secondary N) is 1. The molecule has 6 heteroatoms. The topological polar surface area (TPSA) is 64.9 Å². The van der Waals surface area contributed by atoms with Gasteiger partial charge in [0, 0.05) is 11.9 Å². The van der Waals surface area contributed by atoms with Crippen LogP contribution in [0.25, 0.3) is 5.65 Å². The van der Waals surface area contributed by atoms with Crippen molar-refractivity contribution in [3.63, 3.8) is 0 Å². The Kier molecular flexibility index (Phi) is 5.66. The van der Waals surface area contributed by atoms with Crippen LogP contribution in [0.15, 0.2) is 72.9 Å². The maximum Gasteiger partial charge on any atom is 0.274 e. The van der Waals surface area contributed by atoms with Crippen LogP contribution in [0.2, 0.25) is 0 Å².